The van der Waals surface area contributed by atoms with Crippen molar-refractivity contribution in [3.05, 3.63) is 29.8 Å². The standard InChI is InChI=1S/C11H13NO4/c1-14-9-5-3-8(4-6-9)11-12(16-11)7-10(13)15-2/h3-6,11H,7H2,1-2H3. The number of carbonyl (C=O) groups is 1. The first-order chi connectivity index (χ1) is 7.74. The van der Waals surface area contributed by atoms with E-state index in [1.807, 2.05) is 24.3 Å². The van der Waals surface area contributed by atoms with Crippen LogP contribution < -0.4 is 4.74 Å². The van der Waals surface area contributed by atoms with Gasteiger partial charge in [-0.1, -0.05) is 12.1 Å². The lowest BCUT2D eigenvalue weighted by Gasteiger charge is -2.00. The fourth-order valence-corrected chi connectivity index (χ4v) is 1.41. The molecule has 5 heteroatoms. The number of methoxy groups -OCH3 is 2. The predicted molar refractivity (Wildman–Crippen MR) is 55.5 cm³/mol. The molecule has 16 heavy (non-hydrogen) atoms. The van der Waals surface area contributed by atoms with E-state index in [0.29, 0.717) is 0 Å². The van der Waals surface area contributed by atoms with E-state index < -0.39 is 0 Å². The third-order valence-corrected chi connectivity index (χ3v) is 2.36. The second-order valence-corrected chi connectivity index (χ2v) is 3.38. The van der Waals surface area contributed by atoms with Gasteiger partial charge in [0.05, 0.1) is 14.2 Å². The van der Waals surface area contributed by atoms with Crippen LogP contribution in [0.15, 0.2) is 24.3 Å². The summed E-state index contributed by atoms with van der Waals surface area (Å²) in [5, 5.41) is 1.56. The second kappa shape index (κ2) is 4.51. The van der Waals surface area contributed by atoms with Gasteiger partial charge in [0, 0.05) is 0 Å². The molecule has 1 aliphatic rings. The first kappa shape index (κ1) is 10.9. The molecule has 0 aromatic heterocycles. The van der Waals surface area contributed by atoms with E-state index in [9.17, 15) is 4.79 Å². The average molecular weight is 223 g/mol. The Balaban J connectivity index is 1.92. The third kappa shape index (κ3) is 2.32. The molecule has 1 fully saturated rings. The molecule has 1 aromatic carbocycles. The molecule has 1 aromatic rings. The van der Waals surface area contributed by atoms with Gasteiger partial charge in [-0.2, -0.15) is 0 Å². The van der Waals surface area contributed by atoms with Crippen LogP contribution in [0.4, 0.5) is 0 Å². The summed E-state index contributed by atoms with van der Waals surface area (Å²) in [6.07, 6.45) is -0.148. The SMILES string of the molecule is COC(=O)CN1OC1c1ccc(OC)cc1. The average Bonchev–Trinajstić information content (AvgIpc) is 3.08. The van der Waals surface area contributed by atoms with E-state index in [-0.39, 0.29) is 18.7 Å². The topological polar surface area (TPSA) is 51.1 Å². The summed E-state index contributed by atoms with van der Waals surface area (Å²) >= 11 is 0. The van der Waals surface area contributed by atoms with Crippen molar-refractivity contribution in [3.8, 4) is 5.75 Å². The van der Waals surface area contributed by atoms with E-state index in [0.717, 1.165) is 11.3 Å². The van der Waals surface area contributed by atoms with Crippen molar-refractivity contribution in [1.82, 2.24) is 5.06 Å². The number of hydroxylamine groups is 2. The summed E-state index contributed by atoms with van der Waals surface area (Å²) in [6, 6.07) is 7.52. The van der Waals surface area contributed by atoms with E-state index in [1.54, 1.807) is 12.2 Å². The highest BCUT2D eigenvalue weighted by Crippen LogP contribution is 2.36. The highest BCUT2D eigenvalue weighted by atomic mass is 16.8. The van der Waals surface area contributed by atoms with Gasteiger partial charge < -0.3 is 9.47 Å². The van der Waals surface area contributed by atoms with Crippen LogP contribution in [0.1, 0.15) is 11.8 Å². The number of nitrogens with zero attached hydrogens (tertiary/aromatic N) is 1. The summed E-state index contributed by atoms with van der Waals surface area (Å²) in [4.78, 5) is 16.2. The van der Waals surface area contributed by atoms with Crippen LogP contribution in [0.5, 0.6) is 5.75 Å². The molecule has 0 spiro atoms. The van der Waals surface area contributed by atoms with E-state index in [1.165, 1.54) is 7.11 Å². The quantitative estimate of drug-likeness (QED) is 0.565. The van der Waals surface area contributed by atoms with Gasteiger partial charge in [0.1, 0.15) is 12.3 Å². The normalized spacial score (nSPS) is 22.6. The van der Waals surface area contributed by atoms with Gasteiger partial charge in [0.2, 0.25) is 0 Å². The molecule has 0 amide bonds. The van der Waals surface area contributed by atoms with Crippen molar-refractivity contribution >= 4 is 5.97 Å². The molecule has 0 N–H and O–H groups in total. The molecule has 0 saturated carbocycles. The minimum absolute atomic E-state index is 0.146. The molecule has 5 nitrogen and oxygen atoms in total. The Morgan fingerprint density at radius 1 is 1.38 bits per heavy atom. The lowest BCUT2D eigenvalue weighted by Crippen LogP contribution is -2.14. The van der Waals surface area contributed by atoms with Crippen molar-refractivity contribution in [2.75, 3.05) is 20.8 Å². The number of hydrogen-bond donors (Lipinski definition) is 0. The summed E-state index contributed by atoms with van der Waals surface area (Å²) in [5.74, 6) is 0.486. The van der Waals surface area contributed by atoms with E-state index in [2.05, 4.69) is 4.74 Å². The molecule has 1 aliphatic heterocycles. The zero-order valence-corrected chi connectivity index (χ0v) is 9.17. The smallest absolute Gasteiger partial charge is 0.322 e. The largest absolute Gasteiger partial charge is 0.497 e. The van der Waals surface area contributed by atoms with Gasteiger partial charge in [-0.05, 0) is 17.7 Å². The van der Waals surface area contributed by atoms with Gasteiger partial charge in [-0.3, -0.25) is 9.63 Å². The number of carbonyl (C=O) groups excluding carboxylic acids is 1. The predicted octanol–water partition coefficient (Wildman–Crippen LogP) is 1.11. The highest BCUT2D eigenvalue weighted by molar-refractivity contribution is 5.71. The summed E-state index contributed by atoms with van der Waals surface area (Å²) in [7, 11) is 2.97. The lowest BCUT2D eigenvalue weighted by atomic mass is 10.2. The van der Waals surface area contributed by atoms with Crippen molar-refractivity contribution in [3.63, 3.8) is 0 Å². The van der Waals surface area contributed by atoms with Crippen molar-refractivity contribution < 1.29 is 19.1 Å². The van der Waals surface area contributed by atoms with Crippen LogP contribution in [0.25, 0.3) is 0 Å². The monoisotopic (exact) mass is 223 g/mol. The van der Waals surface area contributed by atoms with Gasteiger partial charge in [-0.25, -0.2) is 0 Å². The zero-order chi connectivity index (χ0) is 11.5. The Kier molecular flexibility index (Phi) is 3.07. The fraction of sp³-hybridized carbons (Fsp3) is 0.364. The fourth-order valence-electron chi connectivity index (χ4n) is 1.41. The second-order valence-electron chi connectivity index (χ2n) is 3.38. The molecule has 2 rings (SSSR count). The first-order valence-electron chi connectivity index (χ1n) is 4.89. The number of ether oxygens (including phenoxy) is 2. The maximum Gasteiger partial charge on any atom is 0.322 e. The van der Waals surface area contributed by atoms with Crippen molar-refractivity contribution in [2.45, 2.75) is 6.23 Å². The molecule has 2 atom stereocenters. The van der Waals surface area contributed by atoms with Crippen LogP contribution in [-0.2, 0) is 14.4 Å². The van der Waals surface area contributed by atoms with Crippen molar-refractivity contribution in [1.29, 1.82) is 0 Å². The first-order valence-corrected chi connectivity index (χ1v) is 4.89. The van der Waals surface area contributed by atoms with Crippen LogP contribution in [0, 0.1) is 0 Å². The van der Waals surface area contributed by atoms with Crippen LogP contribution >= 0.6 is 0 Å². The Hall–Kier alpha value is -1.59. The molecule has 1 saturated heterocycles. The van der Waals surface area contributed by atoms with Crippen LogP contribution in [0.2, 0.25) is 0 Å². The Morgan fingerprint density at radius 2 is 2.06 bits per heavy atom. The van der Waals surface area contributed by atoms with Crippen molar-refractivity contribution in [2.24, 2.45) is 0 Å². The zero-order valence-electron chi connectivity index (χ0n) is 9.17. The minimum Gasteiger partial charge on any atom is -0.497 e. The maximum absolute atomic E-state index is 11.0. The molecule has 2 unspecified atom stereocenters. The number of benzene rings is 1. The molecule has 1 heterocycles. The summed E-state index contributed by atoms with van der Waals surface area (Å²) < 4.78 is 9.59. The van der Waals surface area contributed by atoms with E-state index in [4.69, 9.17) is 9.57 Å². The minimum atomic E-state index is -0.309. The summed E-state index contributed by atoms with van der Waals surface area (Å²) in [5.41, 5.74) is 0.990. The van der Waals surface area contributed by atoms with Crippen LogP contribution in [0.3, 0.4) is 0 Å². The van der Waals surface area contributed by atoms with Gasteiger partial charge in [0.15, 0.2) is 6.23 Å². The molecular formula is C11H13NO4. The maximum atomic E-state index is 11.0. The number of rotatable bonds is 4. The molecular weight excluding hydrogens is 210 g/mol. The Morgan fingerprint density at radius 3 is 2.62 bits per heavy atom. The lowest BCUT2D eigenvalue weighted by molar-refractivity contribution is -0.142. The Bertz CT molecular complexity index is 376. The van der Waals surface area contributed by atoms with E-state index >= 15 is 0 Å². The molecule has 0 radical (unpaired) electrons. The number of hydrogen-bond acceptors (Lipinski definition) is 5. The molecule has 0 aliphatic carbocycles. The molecule has 86 valence electrons. The Labute approximate surface area is 93.5 Å². The summed E-state index contributed by atoms with van der Waals surface area (Å²) in [6.45, 7) is 0.146. The molecule has 0 bridgehead atoms. The third-order valence-electron chi connectivity index (χ3n) is 2.36. The van der Waals surface area contributed by atoms with Gasteiger partial charge in [-0.15, -0.1) is 5.06 Å². The van der Waals surface area contributed by atoms with Crippen LogP contribution in [-0.4, -0.2) is 31.8 Å². The van der Waals surface area contributed by atoms with Gasteiger partial charge >= 0.3 is 5.97 Å². The van der Waals surface area contributed by atoms with Gasteiger partial charge in [0.25, 0.3) is 0 Å². The highest BCUT2D eigenvalue weighted by Gasteiger charge is 2.39. The number of esters is 1.